The molecule has 2 aliphatic rings. The number of anilines is 1. The zero-order valence-electron chi connectivity index (χ0n) is 18.8. The summed E-state index contributed by atoms with van der Waals surface area (Å²) < 4.78 is 7.95. The van der Waals surface area contributed by atoms with Gasteiger partial charge in [-0.3, -0.25) is 9.36 Å². The zero-order chi connectivity index (χ0) is 23.3. The lowest BCUT2D eigenvalue weighted by molar-refractivity contribution is -0.128. The number of nitrogens with zero attached hydrogens (tertiary/aromatic N) is 6. The maximum absolute atomic E-state index is 13.0. The average molecular weight is 499 g/mol. The van der Waals surface area contributed by atoms with Crippen LogP contribution in [0, 0.1) is 0 Å². The van der Waals surface area contributed by atoms with E-state index in [2.05, 4.69) is 24.6 Å². The Balaban J connectivity index is 1.24. The topological polar surface area (TPSA) is 76.4 Å². The summed E-state index contributed by atoms with van der Waals surface area (Å²) in [6, 6.07) is 13.5. The third-order valence-electron chi connectivity index (χ3n) is 6.16. The van der Waals surface area contributed by atoms with Crippen LogP contribution >= 0.6 is 23.4 Å². The van der Waals surface area contributed by atoms with E-state index in [1.165, 1.54) is 11.8 Å². The number of benzene rings is 1. The molecule has 3 aromatic rings. The van der Waals surface area contributed by atoms with Crippen molar-refractivity contribution in [2.45, 2.75) is 30.6 Å². The van der Waals surface area contributed by atoms with Crippen molar-refractivity contribution in [2.75, 3.05) is 43.4 Å². The molecule has 8 nitrogen and oxygen atoms in total. The van der Waals surface area contributed by atoms with Crippen molar-refractivity contribution in [3.63, 3.8) is 0 Å². The number of hydrogen-bond acceptors (Lipinski definition) is 7. The van der Waals surface area contributed by atoms with Gasteiger partial charge >= 0.3 is 0 Å². The van der Waals surface area contributed by atoms with E-state index < -0.39 is 0 Å². The molecule has 0 aliphatic carbocycles. The van der Waals surface area contributed by atoms with Crippen molar-refractivity contribution in [3.8, 4) is 11.4 Å². The quantitative estimate of drug-likeness (QED) is 0.460. The number of amides is 1. The largest absolute Gasteiger partial charge is 0.376 e. The summed E-state index contributed by atoms with van der Waals surface area (Å²) in [5, 5.41) is 10.3. The van der Waals surface area contributed by atoms with E-state index in [1.807, 2.05) is 47.4 Å². The van der Waals surface area contributed by atoms with Crippen molar-refractivity contribution in [3.05, 3.63) is 53.7 Å². The van der Waals surface area contributed by atoms with Gasteiger partial charge in [-0.25, -0.2) is 4.98 Å². The van der Waals surface area contributed by atoms with Gasteiger partial charge < -0.3 is 14.5 Å². The molecule has 34 heavy (non-hydrogen) atoms. The smallest absolute Gasteiger partial charge is 0.233 e. The SMILES string of the molecule is O=C(CSc1nnc(-c2ccc(Cl)cc2)n1CC1CCCO1)N1CCN(c2ccccn2)CC1. The van der Waals surface area contributed by atoms with E-state index in [0.717, 1.165) is 54.9 Å². The number of carbonyl (C=O) groups is 1. The summed E-state index contributed by atoms with van der Waals surface area (Å²) in [6.45, 7) is 4.40. The molecule has 0 N–H and O–H groups in total. The number of rotatable bonds is 7. The molecule has 2 aliphatic heterocycles. The van der Waals surface area contributed by atoms with Crippen LogP contribution in [0.3, 0.4) is 0 Å². The van der Waals surface area contributed by atoms with Gasteiger partial charge in [0.1, 0.15) is 5.82 Å². The number of piperazine rings is 1. The number of hydrogen-bond donors (Lipinski definition) is 0. The lowest BCUT2D eigenvalue weighted by Gasteiger charge is -2.35. The minimum Gasteiger partial charge on any atom is -0.376 e. The van der Waals surface area contributed by atoms with Crippen LogP contribution in [0.5, 0.6) is 0 Å². The Labute approximate surface area is 208 Å². The van der Waals surface area contributed by atoms with Crippen LogP contribution in [-0.2, 0) is 16.1 Å². The molecule has 0 bridgehead atoms. The second-order valence-electron chi connectivity index (χ2n) is 8.40. The Hall–Kier alpha value is -2.62. The molecule has 2 saturated heterocycles. The molecule has 178 valence electrons. The maximum atomic E-state index is 13.0. The fraction of sp³-hybridized carbons (Fsp3) is 0.417. The molecule has 0 spiro atoms. The van der Waals surface area contributed by atoms with E-state index in [0.29, 0.717) is 30.4 Å². The van der Waals surface area contributed by atoms with Gasteiger partial charge in [-0.05, 0) is 49.2 Å². The molecular formula is C24H27ClN6O2S. The lowest BCUT2D eigenvalue weighted by atomic mass is 10.2. The third kappa shape index (κ3) is 5.37. The fourth-order valence-electron chi connectivity index (χ4n) is 4.31. The minimum atomic E-state index is 0.116. The molecular weight excluding hydrogens is 472 g/mol. The minimum absolute atomic E-state index is 0.116. The van der Waals surface area contributed by atoms with E-state index in [4.69, 9.17) is 16.3 Å². The first-order valence-corrected chi connectivity index (χ1v) is 12.9. The first kappa shape index (κ1) is 23.1. The van der Waals surface area contributed by atoms with Gasteiger partial charge in [0.05, 0.1) is 18.4 Å². The normalized spacial score (nSPS) is 18.4. The van der Waals surface area contributed by atoms with Crippen LogP contribution in [0.4, 0.5) is 5.82 Å². The molecule has 1 unspecified atom stereocenters. The summed E-state index contributed by atoms with van der Waals surface area (Å²) in [4.78, 5) is 21.5. The van der Waals surface area contributed by atoms with Gasteiger partial charge in [0.15, 0.2) is 11.0 Å². The maximum Gasteiger partial charge on any atom is 0.233 e. The Morgan fingerprint density at radius 3 is 2.62 bits per heavy atom. The van der Waals surface area contributed by atoms with Crippen LogP contribution < -0.4 is 4.90 Å². The summed E-state index contributed by atoms with van der Waals surface area (Å²) >= 11 is 7.51. The van der Waals surface area contributed by atoms with Gasteiger partial charge in [-0.1, -0.05) is 29.4 Å². The first-order valence-electron chi connectivity index (χ1n) is 11.5. The molecule has 2 fully saturated rings. The summed E-state index contributed by atoms with van der Waals surface area (Å²) in [5.41, 5.74) is 0.943. The standard InChI is InChI=1S/C24H27ClN6O2S/c25-19-8-6-18(7-9-19)23-27-28-24(31(23)16-20-4-3-15-33-20)34-17-22(32)30-13-11-29(12-14-30)21-5-1-2-10-26-21/h1-2,5-10,20H,3-4,11-17H2. The number of aromatic nitrogens is 4. The molecule has 1 aromatic carbocycles. The van der Waals surface area contributed by atoms with Gasteiger partial charge in [-0.15, -0.1) is 10.2 Å². The number of ether oxygens (including phenoxy) is 1. The van der Waals surface area contributed by atoms with Crippen LogP contribution in [0.1, 0.15) is 12.8 Å². The van der Waals surface area contributed by atoms with Gasteiger partial charge in [-0.2, -0.15) is 0 Å². The molecule has 1 atom stereocenters. The predicted molar refractivity (Wildman–Crippen MR) is 133 cm³/mol. The van der Waals surface area contributed by atoms with Crippen LogP contribution in [0.2, 0.25) is 5.02 Å². The number of halogens is 1. The van der Waals surface area contributed by atoms with Gasteiger partial charge in [0.2, 0.25) is 5.91 Å². The lowest BCUT2D eigenvalue weighted by Crippen LogP contribution is -2.49. The monoisotopic (exact) mass is 498 g/mol. The second kappa shape index (κ2) is 10.8. The highest BCUT2D eigenvalue weighted by Crippen LogP contribution is 2.27. The van der Waals surface area contributed by atoms with Crippen molar-refractivity contribution >= 4 is 35.1 Å². The van der Waals surface area contributed by atoms with E-state index in [9.17, 15) is 4.79 Å². The van der Waals surface area contributed by atoms with E-state index in [1.54, 1.807) is 6.20 Å². The Morgan fingerprint density at radius 2 is 1.91 bits per heavy atom. The zero-order valence-corrected chi connectivity index (χ0v) is 20.4. The molecule has 0 radical (unpaired) electrons. The predicted octanol–water partition coefficient (Wildman–Crippen LogP) is 3.61. The summed E-state index contributed by atoms with van der Waals surface area (Å²) in [6.07, 6.45) is 4.02. The Bertz CT molecular complexity index is 1100. The molecule has 4 heterocycles. The Kier molecular flexibility index (Phi) is 7.32. The van der Waals surface area contributed by atoms with Crippen molar-refractivity contribution in [1.82, 2.24) is 24.6 Å². The number of carbonyl (C=O) groups excluding carboxylic acids is 1. The highest BCUT2D eigenvalue weighted by Gasteiger charge is 2.25. The highest BCUT2D eigenvalue weighted by molar-refractivity contribution is 7.99. The van der Waals surface area contributed by atoms with Crippen LogP contribution in [0.15, 0.2) is 53.8 Å². The highest BCUT2D eigenvalue weighted by atomic mass is 35.5. The van der Waals surface area contributed by atoms with Gasteiger partial charge in [0.25, 0.3) is 0 Å². The number of pyridine rings is 1. The summed E-state index contributed by atoms with van der Waals surface area (Å²) in [5.74, 6) is 2.17. The van der Waals surface area contributed by atoms with Crippen molar-refractivity contribution in [2.24, 2.45) is 0 Å². The first-order chi connectivity index (χ1) is 16.7. The number of thioether (sulfide) groups is 1. The second-order valence-corrected chi connectivity index (χ2v) is 9.78. The summed E-state index contributed by atoms with van der Waals surface area (Å²) in [7, 11) is 0. The van der Waals surface area contributed by atoms with Gasteiger partial charge in [0, 0.05) is 49.6 Å². The molecule has 5 rings (SSSR count). The van der Waals surface area contributed by atoms with Crippen LogP contribution in [0.25, 0.3) is 11.4 Å². The molecule has 2 aromatic heterocycles. The third-order valence-corrected chi connectivity index (χ3v) is 7.36. The molecule has 1 amide bonds. The van der Waals surface area contributed by atoms with Crippen molar-refractivity contribution in [1.29, 1.82) is 0 Å². The van der Waals surface area contributed by atoms with Crippen LogP contribution in [-0.4, -0.2) is 75.2 Å². The Morgan fingerprint density at radius 1 is 1.09 bits per heavy atom. The van der Waals surface area contributed by atoms with E-state index >= 15 is 0 Å². The average Bonchev–Trinajstić information content (AvgIpc) is 3.54. The van der Waals surface area contributed by atoms with Crippen molar-refractivity contribution < 1.29 is 9.53 Å². The fourth-order valence-corrected chi connectivity index (χ4v) is 5.28. The van der Waals surface area contributed by atoms with E-state index in [-0.39, 0.29) is 12.0 Å². The molecule has 10 heteroatoms. The molecule has 0 saturated carbocycles.